The van der Waals surface area contributed by atoms with Crippen LogP contribution in [0.2, 0.25) is 0 Å². The average molecular weight is 338 g/mol. The molecule has 6 heteroatoms. The summed E-state index contributed by atoms with van der Waals surface area (Å²) in [5.41, 5.74) is 4.32. The summed E-state index contributed by atoms with van der Waals surface area (Å²) in [6, 6.07) is 4.03. The smallest absolute Gasteiger partial charge is 0.180 e. The minimum atomic E-state index is -0.186. The molecular formula is C19H22N4O2. The summed E-state index contributed by atoms with van der Waals surface area (Å²) in [5.74, 6) is 0.771. The maximum Gasteiger partial charge on any atom is 0.180 e. The first kappa shape index (κ1) is 17.2. The van der Waals surface area contributed by atoms with Crippen molar-refractivity contribution in [3.8, 4) is 11.1 Å². The lowest BCUT2D eigenvalue weighted by molar-refractivity contribution is 0.101. The second kappa shape index (κ2) is 6.72. The number of carbonyl (C=O) groups is 1. The Kier molecular flexibility index (Phi) is 4.63. The van der Waals surface area contributed by atoms with Crippen molar-refractivity contribution in [2.24, 2.45) is 5.92 Å². The first-order chi connectivity index (χ1) is 11.9. The maximum absolute atomic E-state index is 12.1. The molecule has 0 aliphatic heterocycles. The Morgan fingerprint density at radius 3 is 2.44 bits per heavy atom. The molecule has 1 aromatic carbocycles. The highest BCUT2D eigenvalue weighted by molar-refractivity contribution is 6.06. The summed E-state index contributed by atoms with van der Waals surface area (Å²) in [4.78, 5) is 20.3. The van der Waals surface area contributed by atoms with E-state index >= 15 is 0 Å². The molecular weight excluding hydrogens is 316 g/mol. The van der Waals surface area contributed by atoms with Gasteiger partial charge in [-0.3, -0.25) is 9.48 Å². The first-order valence-corrected chi connectivity index (χ1v) is 8.35. The number of rotatable bonds is 5. The number of nitrogens with zero attached hydrogens (tertiary/aromatic N) is 4. The highest BCUT2D eigenvalue weighted by Crippen LogP contribution is 2.30. The molecule has 0 spiro atoms. The number of Topliss-reactive ketones (excluding diaryl/α,β-unsaturated/α-hetero) is 1. The largest absolute Gasteiger partial charge is 0.388 e. The fourth-order valence-electron chi connectivity index (χ4n) is 3.02. The van der Waals surface area contributed by atoms with Crippen molar-refractivity contribution in [1.29, 1.82) is 0 Å². The van der Waals surface area contributed by atoms with Gasteiger partial charge < -0.3 is 5.11 Å². The minimum Gasteiger partial charge on any atom is -0.388 e. The van der Waals surface area contributed by atoms with Crippen LogP contribution in [0.5, 0.6) is 0 Å². The lowest BCUT2D eigenvalue weighted by Crippen LogP contribution is -2.07. The zero-order valence-corrected chi connectivity index (χ0v) is 14.9. The van der Waals surface area contributed by atoms with Crippen LogP contribution in [0.25, 0.3) is 22.0 Å². The van der Waals surface area contributed by atoms with Gasteiger partial charge in [0.05, 0.1) is 5.52 Å². The van der Waals surface area contributed by atoms with E-state index in [1.165, 1.54) is 0 Å². The normalized spacial score (nSPS) is 11.4. The molecule has 0 saturated carbocycles. The third-order valence-corrected chi connectivity index (χ3v) is 4.09. The molecule has 3 aromatic rings. The molecule has 3 rings (SSSR count). The SMILES string of the molecule is CC(=O)c1nn(CC(C)C)c2c(C)cc(-c3cnc(CO)nc3)cc12. The van der Waals surface area contributed by atoms with E-state index in [0.717, 1.165) is 34.1 Å². The van der Waals surface area contributed by atoms with E-state index in [9.17, 15) is 4.79 Å². The quantitative estimate of drug-likeness (QED) is 0.723. The Morgan fingerprint density at radius 2 is 1.88 bits per heavy atom. The average Bonchev–Trinajstić information content (AvgIpc) is 2.93. The molecule has 1 N–H and O–H groups in total. The van der Waals surface area contributed by atoms with E-state index in [2.05, 4.69) is 35.0 Å². The van der Waals surface area contributed by atoms with Gasteiger partial charge in [0.15, 0.2) is 11.6 Å². The number of ketones is 1. The van der Waals surface area contributed by atoms with Crippen molar-refractivity contribution in [2.75, 3.05) is 0 Å². The molecule has 25 heavy (non-hydrogen) atoms. The number of hydrogen-bond donors (Lipinski definition) is 1. The van der Waals surface area contributed by atoms with Crippen molar-refractivity contribution in [1.82, 2.24) is 19.7 Å². The van der Waals surface area contributed by atoms with Gasteiger partial charge in [0, 0.05) is 36.8 Å². The molecule has 2 aromatic heterocycles. The molecule has 2 heterocycles. The number of aryl methyl sites for hydroxylation is 1. The highest BCUT2D eigenvalue weighted by Gasteiger charge is 2.18. The van der Waals surface area contributed by atoms with Crippen LogP contribution in [0.1, 0.15) is 42.6 Å². The molecule has 0 aliphatic carbocycles. The van der Waals surface area contributed by atoms with Gasteiger partial charge in [-0.05, 0) is 36.1 Å². The van der Waals surface area contributed by atoms with Gasteiger partial charge in [0.1, 0.15) is 12.3 Å². The monoisotopic (exact) mass is 338 g/mol. The predicted molar refractivity (Wildman–Crippen MR) is 96.3 cm³/mol. The van der Waals surface area contributed by atoms with Crippen LogP contribution in [0.4, 0.5) is 0 Å². The summed E-state index contributed by atoms with van der Waals surface area (Å²) in [6.45, 7) is 8.41. The molecule has 0 aliphatic rings. The number of aliphatic hydroxyl groups is 1. The molecule has 0 fully saturated rings. The number of aromatic nitrogens is 4. The van der Waals surface area contributed by atoms with Crippen LogP contribution in [-0.2, 0) is 13.2 Å². The van der Waals surface area contributed by atoms with Gasteiger partial charge in [-0.1, -0.05) is 13.8 Å². The van der Waals surface area contributed by atoms with E-state index in [1.807, 2.05) is 17.7 Å². The lowest BCUT2D eigenvalue weighted by atomic mass is 10.0. The third-order valence-electron chi connectivity index (χ3n) is 4.09. The second-order valence-corrected chi connectivity index (χ2v) is 6.72. The maximum atomic E-state index is 12.1. The van der Waals surface area contributed by atoms with E-state index in [4.69, 9.17) is 5.11 Å². The Morgan fingerprint density at radius 1 is 1.20 bits per heavy atom. The molecule has 0 bridgehead atoms. The summed E-state index contributed by atoms with van der Waals surface area (Å²) in [5, 5.41) is 14.5. The minimum absolute atomic E-state index is 0.0454. The van der Waals surface area contributed by atoms with Crippen molar-refractivity contribution < 1.29 is 9.90 Å². The fourth-order valence-corrected chi connectivity index (χ4v) is 3.02. The Bertz CT molecular complexity index is 927. The van der Waals surface area contributed by atoms with Gasteiger partial charge in [-0.25, -0.2) is 9.97 Å². The second-order valence-electron chi connectivity index (χ2n) is 6.72. The zero-order valence-electron chi connectivity index (χ0n) is 14.9. The van der Waals surface area contributed by atoms with Gasteiger partial charge in [-0.15, -0.1) is 0 Å². The van der Waals surface area contributed by atoms with Crippen molar-refractivity contribution in [2.45, 2.75) is 40.8 Å². The van der Waals surface area contributed by atoms with Crippen molar-refractivity contribution in [3.05, 3.63) is 41.6 Å². The number of carbonyl (C=O) groups excluding carboxylic acids is 1. The van der Waals surface area contributed by atoms with E-state index in [0.29, 0.717) is 17.4 Å². The summed E-state index contributed by atoms with van der Waals surface area (Å²) in [6.07, 6.45) is 3.37. The lowest BCUT2D eigenvalue weighted by Gasteiger charge is -2.10. The molecule has 6 nitrogen and oxygen atoms in total. The summed E-state index contributed by atoms with van der Waals surface area (Å²) in [7, 11) is 0. The van der Waals surface area contributed by atoms with Crippen LogP contribution in [0, 0.1) is 12.8 Å². The predicted octanol–water partition coefficient (Wildman–Crippen LogP) is 3.15. The Balaban J connectivity index is 2.20. The van der Waals surface area contributed by atoms with E-state index in [-0.39, 0.29) is 12.4 Å². The van der Waals surface area contributed by atoms with Crippen LogP contribution < -0.4 is 0 Å². The topological polar surface area (TPSA) is 80.9 Å². The van der Waals surface area contributed by atoms with Gasteiger partial charge in [0.2, 0.25) is 0 Å². The summed E-state index contributed by atoms with van der Waals surface area (Å²) >= 11 is 0. The molecule has 0 saturated heterocycles. The van der Waals surface area contributed by atoms with Gasteiger partial charge in [-0.2, -0.15) is 5.10 Å². The molecule has 0 radical (unpaired) electrons. The van der Waals surface area contributed by atoms with Crippen LogP contribution in [-0.4, -0.2) is 30.6 Å². The van der Waals surface area contributed by atoms with Gasteiger partial charge >= 0.3 is 0 Å². The standard InChI is InChI=1S/C19H22N4O2/c1-11(2)9-23-19-12(3)5-14(6-16(19)18(22-23)13(4)25)15-7-20-17(10-24)21-8-15/h5-8,11,24H,9-10H2,1-4H3. The first-order valence-electron chi connectivity index (χ1n) is 8.35. The number of benzene rings is 1. The van der Waals surface area contributed by atoms with E-state index in [1.54, 1.807) is 19.3 Å². The molecule has 0 amide bonds. The van der Waals surface area contributed by atoms with Crippen LogP contribution in [0.3, 0.4) is 0 Å². The number of hydrogen-bond acceptors (Lipinski definition) is 5. The summed E-state index contributed by atoms with van der Waals surface area (Å²) < 4.78 is 1.93. The van der Waals surface area contributed by atoms with Crippen molar-refractivity contribution in [3.63, 3.8) is 0 Å². The van der Waals surface area contributed by atoms with Gasteiger partial charge in [0.25, 0.3) is 0 Å². The number of fused-ring (bicyclic) bond motifs is 1. The Hall–Kier alpha value is -2.60. The molecule has 0 atom stereocenters. The van der Waals surface area contributed by atoms with Crippen LogP contribution in [0.15, 0.2) is 24.5 Å². The highest BCUT2D eigenvalue weighted by atomic mass is 16.3. The number of aliphatic hydroxyl groups excluding tert-OH is 1. The van der Waals surface area contributed by atoms with E-state index < -0.39 is 0 Å². The molecule has 0 unspecified atom stereocenters. The van der Waals surface area contributed by atoms with Crippen molar-refractivity contribution >= 4 is 16.7 Å². The molecule has 130 valence electrons. The van der Waals surface area contributed by atoms with Crippen LogP contribution >= 0.6 is 0 Å². The zero-order chi connectivity index (χ0) is 18.1. The Labute approximate surface area is 146 Å². The third kappa shape index (κ3) is 3.30. The fraction of sp³-hybridized carbons (Fsp3) is 0.368.